The van der Waals surface area contributed by atoms with Gasteiger partial charge in [0.05, 0.1) is 11.8 Å². The molecule has 1 fully saturated rings. The van der Waals surface area contributed by atoms with Crippen LogP contribution in [0.15, 0.2) is 35.1 Å². The Labute approximate surface area is 104 Å². The third kappa shape index (κ3) is 1.72. The SMILES string of the molecule is N#CCn1nc(C2CC2)n(-c2ccccc2)c1=O. The molecule has 1 heterocycles. The summed E-state index contributed by atoms with van der Waals surface area (Å²) in [5.41, 5.74) is 0.582. The van der Waals surface area contributed by atoms with E-state index in [1.165, 1.54) is 4.68 Å². The zero-order valence-corrected chi connectivity index (χ0v) is 9.78. The van der Waals surface area contributed by atoms with Crippen LogP contribution < -0.4 is 5.69 Å². The predicted molar refractivity (Wildman–Crippen MR) is 65.4 cm³/mol. The zero-order valence-electron chi connectivity index (χ0n) is 9.78. The molecular weight excluding hydrogens is 228 g/mol. The van der Waals surface area contributed by atoms with Crippen LogP contribution in [0.25, 0.3) is 5.69 Å². The lowest BCUT2D eigenvalue weighted by Gasteiger charge is -2.03. The minimum Gasteiger partial charge on any atom is -0.247 e. The quantitative estimate of drug-likeness (QED) is 0.815. The van der Waals surface area contributed by atoms with Crippen LogP contribution in [-0.4, -0.2) is 14.3 Å². The standard InChI is InChI=1S/C13H12N4O/c14-8-9-16-13(18)17(11-4-2-1-3-5-11)12(15-16)10-6-7-10/h1-5,10H,6-7,9H2. The molecule has 0 bridgehead atoms. The minimum absolute atomic E-state index is 0.00160. The Bertz CT molecular complexity index is 659. The van der Waals surface area contributed by atoms with Gasteiger partial charge in [-0.05, 0) is 25.0 Å². The topological polar surface area (TPSA) is 63.6 Å². The van der Waals surface area contributed by atoms with E-state index < -0.39 is 0 Å². The maximum Gasteiger partial charge on any atom is 0.351 e. The number of hydrogen-bond acceptors (Lipinski definition) is 3. The summed E-state index contributed by atoms with van der Waals surface area (Å²) in [5, 5.41) is 13.0. The van der Waals surface area contributed by atoms with Crippen LogP contribution in [-0.2, 0) is 6.54 Å². The van der Waals surface area contributed by atoms with E-state index >= 15 is 0 Å². The monoisotopic (exact) mass is 240 g/mol. The van der Waals surface area contributed by atoms with Gasteiger partial charge in [0.15, 0.2) is 0 Å². The molecule has 0 amide bonds. The number of nitrogens with zero attached hydrogens (tertiary/aromatic N) is 4. The lowest BCUT2D eigenvalue weighted by atomic mass is 10.3. The molecule has 5 nitrogen and oxygen atoms in total. The molecule has 0 atom stereocenters. The molecule has 0 unspecified atom stereocenters. The van der Waals surface area contributed by atoms with Crippen molar-refractivity contribution in [2.45, 2.75) is 25.3 Å². The van der Waals surface area contributed by atoms with Crippen molar-refractivity contribution in [3.8, 4) is 11.8 Å². The Balaban J connectivity index is 2.18. The van der Waals surface area contributed by atoms with Crippen LogP contribution in [0.2, 0.25) is 0 Å². The van der Waals surface area contributed by atoms with Crippen molar-refractivity contribution in [1.82, 2.24) is 14.3 Å². The molecule has 90 valence electrons. The Morgan fingerprint density at radius 2 is 2.06 bits per heavy atom. The first-order valence-electron chi connectivity index (χ1n) is 5.93. The van der Waals surface area contributed by atoms with Crippen LogP contribution in [0.4, 0.5) is 0 Å². The molecule has 1 aromatic carbocycles. The number of para-hydroxylation sites is 1. The summed E-state index contributed by atoms with van der Waals surface area (Å²) in [6.45, 7) is -0.00160. The van der Waals surface area contributed by atoms with E-state index in [4.69, 9.17) is 5.26 Å². The van der Waals surface area contributed by atoms with Gasteiger partial charge < -0.3 is 0 Å². The second-order valence-corrected chi connectivity index (χ2v) is 4.40. The summed E-state index contributed by atoms with van der Waals surface area (Å²) >= 11 is 0. The Hall–Kier alpha value is -2.35. The Kier molecular flexibility index (Phi) is 2.49. The summed E-state index contributed by atoms with van der Waals surface area (Å²) in [6, 6.07) is 11.4. The highest BCUT2D eigenvalue weighted by molar-refractivity contribution is 5.33. The summed E-state index contributed by atoms with van der Waals surface area (Å²) in [6.07, 6.45) is 2.13. The smallest absolute Gasteiger partial charge is 0.247 e. The fourth-order valence-corrected chi connectivity index (χ4v) is 2.02. The maximum atomic E-state index is 12.2. The molecule has 5 heteroatoms. The van der Waals surface area contributed by atoms with E-state index in [0.29, 0.717) is 5.92 Å². The summed E-state index contributed by atoms with van der Waals surface area (Å²) in [7, 11) is 0. The maximum absolute atomic E-state index is 12.2. The Morgan fingerprint density at radius 1 is 1.33 bits per heavy atom. The molecule has 1 aromatic heterocycles. The average Bonchev–Trinajstić information content (AvgIpc) is 3.18. The summed E-state index contributed by atoms with van der Waals surface area (Å²) < 4.78 is 2.86. The van der Waals surface area contributed by atoms with Gasteiger partial charge in [-0.25, -0.2) is 9.36 Å². The van der Waals surface area contributed by atoms with E-state index in [9.17, 15) is 4.79 Å². The first kappa shape index (κ1) is 10.8. The molecule has 1 aliphatic rings. The van der Waals surface area contributed by atoms with Crippen LogP contribution >= 0.6 is 0 Å². The molecule has 0 spiro atoms. The van der Waals surface area contributed by atoms with Gasteiger partial charge in [-0.2, -0.15) is 15.0 Å². The Morgan fingerprint density at radius 3 is 2.67 bits per heavy atom. The lowest BCUT2D eigenvalue weighted by molar-refractivity contribution is 0.668. The van der Waals surface area contributed by atoms with E-state index in [1.807, 2.05) is 36.4 Å². The predicted octanol–water partition coefficient (Wildman–Crippen LogP) is 1.43. The third-order valence-electron chi connectivity index (χ3n) is 3.04. The fourth-order valence-electron chi connectivity index (χ4n) is 2.02. The van der Waals surface area contributed by atoms with E-state index in [0.717, 1.165) is 24.4 Å². The van der Waals surface area contributed by atoms with Crippen LogP contribution in [0, 0.1) is 11.3 Å². The number of benzene rings is 1. The van der Waals surface area contributed by atoms with Gasteiger partial charge in [-0.3, -0.25) is 0 Å². The minimum atomic E-state index is -0.232. The second-order valence-electron chi connectivity index (χ2n) is 4.40. The lowest BCUT2D eigenvalue weighted by Crippen LogP contribution is -2.24. The normalized spacial score (nSPS) is 14.4. The van der Waals surface area contributed by atoms with Gasteiger partial charge in [0.1, 0.15) is 12.4 Å². The van der Waals surface area contributed by atoms with Gasteiger partial charge in [0, 0.05) is 5.92 Å². The molecule has 0 aliphatic heterocycles. The highest BCUT2D eigenvalue weighted by Crippen LogP contribution is 2.39. The molecule has 18 heavy (non-hydrogen) atoms. The van der Waals surface area contributed by atoms with Gasteiger partial charge in [0.25, 0.3) is 0 Å². The van der Waals surface area contributed by atoms with E-state index in [1.54, 1.807) is 4.57 Å². The summed E-state index contributed by atoms with van der Waals surface area (Å²) in [5.74, 6) is 1.14. The highest BCUT2D eigenvalue weighted by atomic mass is 16.2. The van der Waals surface area contributed by atoms with Crippen molar-refractivity contribution < 1.29 is 0 Å². The van der Waals surface area contributed by atoms with Crippen molar-refractivity contribution in [3.63, 3.8) is 0 Å². The van der Waals surface area contributed by atoms with Crippen LogP contribution in [0.1, 0.15) is 24.6 Å². The first-order chi connectivity index (χ1) is 8.81. The largest absolute Gasteiger partial charge is 0.351 e. The van der Waals surface area contributed by atoms with Gasteiger partial charge >= 0.3 is 5.69 Å². The van der Waals surface area contributed by atoms with Crippen molar-refractivity contribution in [2.75, 3.05) is 0 Å². The van der Waals surface area contributed by atoms with Crippen LogP contribution in [0.3, 0.4) is 0 Å². The molecule has 1 aliphatic carbocycles. The first-order valence-corrected chi connectivity index (χ1v) is 5.93. The zero-order chi connectivity index (χ0) is 12.5. The van der Waals surface area contributed by atoms with Gasteiger partial charge in [0.2, 0.25) is 0 Å². The van der Waals surface area contributed by atoms with Crippen molar-refractivity contribution in [3.05, 3.63) is 46.6 Å². The van der Waals surface area contributed by atoms with E-state index in [-0.39, 0.29) is 12.2 Å². The molecule has 0 N–H and O–H groups in total. The second kappa shape index (κ2) is 4.15. The average molecular weight is 240 g/mol. The van der Waals surface area contributed by atoms with Crippen molar-refractivity contribution >= 4 is 0 Å². The molecule has 0 radical (unpaired) electrons. The molecule has 2 aromatic rings. The van der Waals surface area contributed by atoms with Gasteiger partial charge in [-0.1, -0.05) is 18.2 Å². The van der Waals surface area contributed by atoms with Crippen LogP contribution in [0.5, 0.6) is 0 Å². The summed E-state index contributed by atoms with van der Waals surface area (Å²) in [4.78, 5) is 12.2. The highest BCUT2D eigenvalue weighted by Gasteiger charge is 2.31. The molecule has 0 saturated heterocycles. The van der Waals surface area contributed by atoms with Gasteiger partial charge in [-0.15, -0.1) is 0 Å². The number of hydrogen-bond donors (Lipinski definition) is 0. The number of nitriles is 1. The molecular formula is C13H12N4O. The molecule has 3 rings (SSSR count). The fraction of sp³-hybridized carbons (Fsp3) is 0.308. The number of rotatable bonds is 3. The molecule has 1 saturated carbocycles. The van der Waals surface area contributed by atoms with E-state index in [2.05, 4.69) is 5.10 Å². The van der Waals surface area contributed by atoms with Crippen molar-refractivity contribution in [2.24, 2.45) is 0 Å². The number of aromatic nitrogens is 3. The van der Waals surface area contributed by atoms with Crippen molar-refractivity contribution in [1.29, 1.82) is 5.26 Å². The third-order valence-corrected chi connectivity index (χ3v) is 3.04.